The van der Waals surface area contributed by atoms with Crippen LogP contribution in [0.25, 0.3) is 0 Å². The molecule has 33 heavy (non-hydrogen) atoms. The van der Waals surface area contributed by atoms with Crippen molar-refractivity contribution < 1.29 is 24.5 Å². The van der Waals surface area contributed by atoms with Crippen molar-refractivity contribution in [1.29, 1.82) is 0 Å². The van der Waals surface area contributed by atoms with E-state index in [1.807, 2.05) is 44.2 Å². The van der Waals surface area contributed by atoms with Gasteiger partial charge in [0.25, 0.3) is 11.8 Å². The van der Waals surface area contributed by atoms with E-state index in [4.69, 9.17) is 4.84 Å². The van der Waals surface area contributed by atoms with Gasteiger partial charge in [-0.2, -0.15) is 10.2 Å². The summed E-state index contributed by atoms with van der Waals surface area (Å²) in [5, 5.41) is 36.4. The van der Waals surface area contributed by atoms with Gasteiger partial charge in [0.1, 0.15) is 0 Å². The average Bonchev–Trinajstić information content (AvgIpc) is 3.22. The van der Waals surface area contributed by atoms with Crippen molar-refractivity contribution in [3.8, 4) is 0 Å². The van der Waals surface area contributed by atoms with Gasteiger partial charge in [0.05, 0.1) is 36.2 Å². The van der Waals surface area contributed by atoms with Gasteiger partial charge in [-0.05, 0) is 24.0 Å². The molecule has 0 fully saturated rings. The average molecular weight is 453 g/mol. The number of rotatable bonds is 10. The Morgan fingerprint density at radius 3 is 2.58 bits per heavy atom. The minimum atomic E-state index is -1.71. The lowest BCUT2D eigenvalue weighted by Crippen LogP contribution is -2.56. The van der Waals surface area contributed by atoms with Gasteiger partial charge in [0.15, 0.2) is 0 Å². The van der Waals surface area contributed by atoms with E-state index < -0.39 is 24.6 Å². The summed E-state index contributed by atoms with van der Waals surface area (Å²) in [5.41, 5.74) is 0.331. The fourth-order valence-corrected chi connectivity index (χ4v) is 3.64. The lowest BCUT2D eigenvalue weighted by molar-refractivity contribution is -0.144. The van der Waals surface area contributed by atoms with E-state index in [2.05, 4.69) is 26.0 Å². The minimum Gasteiger partial charge on any atom is -0.426 e. The second-order valence-electron chi connectivity index (χ2n) is 8.52. The largest absolute Gasteiger partial charge is 0.475 e. The molecule has 0 radical (unpaired) electrons. The zero-order valence-corrected chi connectivity index (χ0v) is 18.6. The molecule has 0 saturated heterocycles. The van der Waals surface area contributed by atoms with Crippen LogP contribution in [0.1, 0.15) is 42.6 Å². The Morgan fingerprint density at radius 1 is 1.18 bits per heavy atom. The molecule has 0 saturated carbocycles. The Morgan fingerprint density at radius 2 is 1.94 bits per heavy atom. The molecule has 1 aliphatic heterocycles. The van der Waals surface area contributed by atoms with E-state index in [0.717, 1.165) is 5.56 Å². The molecule has 4 N–H and O–H groups in total. The fraction of sp³-hybridized carbons (Fsp3) is 0.409. The Labute approximate surface area is 192 Å². The number of amides is 2. The third kappa shape index (κ3) is 6.59. The maximum Gasteiger partial charge on any atom is 0.475 e. The van der Waals surface area contributed by atoms with Crippen LogP contribution < -0.4 is 10.6 Å². The molecule has 11 heteroatoms. The quantitative estimate of drug-likeness (QED) is 0.384. The van der Waals surface area contributed by atoms with E-state index in [0.29, 0.717) is 17.7 Å². The van der Waals surface area contributed by atoms with Crippen molar-refractivity contribution in [2.75, 3.05) is 6.54 Å². The maximum atomic E-state index is 13.3. The molecule has 0 bridgehead atoms. The van der Waals surface area contributed by atoms with Crippen LogP contribution in [-0.4, -0.2) is 63.0 Å². The van der Waals surface area contributed by atoms with Crippen molar-refractivity contribution in [2.24, 2.45) is 11.1 Å². The van der Waals surface area contributed by atoms with Crippen molar-refractivity contribution in [2.45, 2.75) is 44.7 Å². The zero-order chi connectivity index (χ0) is 23.8. The van der Waals surface area contributed by atoms with E-state index in [1.54, 1.807) is 0 Å². The second kappa shape index (κ2) is 11.0. The molecule has 1 aromatic carbocycles. The first kappa shape index (κ1) is 24.3. The molecule has 2 aromatic rings. The molecule has 1 aliphatic rings. The highest BCUT2D eigenvalue weighted by atomic mass is 16.7. The molecule has 174 valence electrons. The topological polar surface area (TPSA) is 146 Å². The van der Waals surface area contributed by atoms with Crippen molar-refractivity contribution in [3.05, 3.63) is 59.9 Å². The Balaban J connectivity index is 1.72. The summed E-state index contributed by atoms with van der Waals surface area (Å²) < 4.78 is 0. The maximum absolute atomic E-state index is 13.3. The number of nitrogens with one attached hydrogen (secondary N) is 2. The summed E-state index contributed by atoms with van der Waals surface area (Å²) >= 11 is 0. The first-order valence-electron chi connectivity index (χ1n) is 10.8. The zero-order valence-electron chi connectivity index (χ0n) is 18.6. The monoisotopic (exact) mass is 453 g/mol. The van der Waals surface area contributed by atoms with E-state index in [9.17, 15) is 19.6 Å². The highest BCUT2D eigenvalue weighted by Gasteiger charge is 2.48. The molecule has 10 nitrogen and oxygen atoms in total. The van der Waals surface area contributed by atoms with Gasteiger partial charge in [-0.15, -0.1) is 0 Å². The van der Waals surface area contributed by atoms with Gasteiger partial charge in [0, 0.05) is 12.8 Å². The van der Waals surface area contributed by atoms with Gasteiger partial charge in [-0.1, -0.05) is 49.3 Å². The number of benzene rings is 1. The van der Waals surface area contributed by atoms with Crippen LogP contribution in [0.4, 0.5) is 0 Å². The molecule has 1 aromatic heterocycles. The van der Waals surface area contributed by atoms with E-state index in [-0.39, 0.29) is 31.2 Å². The summed E-state index contributed by atoms with van der Waals surface area (Å²) in [6.07, 6.45) is 3.52. The summed E-state index contributed by atoms with van der Waals surface area (Å²) in [6, 6.07) is 10.9. The Kier molecular flexibility index (Phi) is 8.13. The van der Waals surface area contributed by atoms with Crippen molar-refractivity contribution >= 4 is 24.6 Å². The van der Waals surface area contributed by atoms with Gasteiger partial charge >= 0.3 is 7.12 Å². The number of carbonyl (C=O) groups is 2. The van der Waals surface area contributed by atoms with Crippen molar-refractivity contribution in [3.63, 3.8) is 0 Å². The standard InChI is InChI=1S/C22H28BN5O5/c1-15(2)10-19(23(31)32)27-21(30)22(11-16-6-4-3-5-7-16)12-18(28-33-22)14-24-20(29)17-8-9-25-26-13-17/h3-9,13,15,19,31-32H,10-12,14H2,1-2H3,(H,24,29)(H,27,30). The molecule has 0 aliphatic carbocycles. The summed E-state index contributed by atoms with van der Waals surface area (Å²) in [6.45, 7) is 3.94. The molecular weight excluding hydrogens is 425 g/mol. The normalized spacial score (nSPS) is 18.3. The number of aromatic nitrogens is 2. The predicted molar refractivity (Wildman–Crippen MR) is 122 cm³/mol. The van der Waals surface area contributed by atoms with Crippen molar-refractivity contribution in [1.82, 2.24) is 20.8 Å². The molecule has 2 atom stereocenters. The van der Waals surface area contributed by atoms with Gasteiger partial charge in [-0.25, -0.2) is 0 Å². The van der Waals surface area contributed by atoms with Crippen LogP contribution in [-0.2, 0) is 16.1 Å². The molecule has 2 unspecified atom stereocenters. The first-order chi connectivity index (χ1) is 15.8. The molecule has 0 spiro atoms. The Hall–Kier alpha value is -3.31. The van der Waals surface area contributed by atoms with Crippen LogP contribution >= 0.6 is 0 Å². The van der Waals surface area contributed by atoms with E-state index >= 15 is 0 Å². The SMILES string of the molecule is CC(C)CC(NC(=O)C1(Cc2ccccc2)CC(CNC(=O)c2ccnnc2)=NO1)B(O)O. The molecule has 3 rings (SSSR count). The van der Waals surface area contributed by atoms with Gasteiger partial charge in [0.2, 0.25) is 5.60 Å². The number of oxime groups is 1. The predicted octanol–water partition coefficient (Wildman–Crippen LogP) is 0.507. The lowest BCUT2D eigenvalue weighted by atomic mass is 9.74. The molecule has 2 heterocycles. The highest BCUT2D eigenvalue weighted by molar-refractivity contribution is 6.43. The number of hydrogen-bond donors (Lipinski definition) is 4. The summed E-state index contributed by atoms with van der Waals surface area (Å²) in [5.74, 6) is -1.56. The van der Waals surface area contributed by atoms with Crippen LogP contribution in [0.5, 0.6) is 0 Å². The van der Waals surface area contributed by atoms with Gasteiger partial charge in [-0.3, -0.25) is 9.59 Å². The summed E-state index contributed by atoms with van der Waals surface area (Å²) in [4.78, 5) is 31.3. The number of hydrogen-bond acceptors (Lipinski definition) is 8. The lowest BCUT2D eigenvalue weighted by Gasteiger charge is -2.29. The number of carbonyl (C=O) groups excluding carboxylic acids is 2. The van der Waals surface area contributed by atoms with E-state index in [1.165, 1.54) is 18.5 Å². The Bertz CT molecular complexity index is 974. The summed E-state index contributed by atoms with van der Waals surface area (Å²) in [7, 11) is -1.71. The smallest absolute Gasteiger partial charge is 0.426 e. The fourth-order valence-electron chi connectivity index (χ4n) is 3.64. The molecule has 2 amide bonds. The number of nitrogens with zero attached hydrogens (tertiary/aromatic N) is 3. The van der Waals surface area contributed by atoms with Gasteiger partial charge < -0.3 is 25.5 Å². The minimum absolute atomic E-state index is 0.0863. The van der Waals surface area contributed by atoms with Crippen LogP contribution in [0.15, 0.2) is 53.9 Å². The van der Waals surface area contributed by atoms with Crippen LogP contribution in [0, 0.1) is 5.92 Å². The first-order valence-corrected chi connectivity index (χ1v) is 10.8. The highest BCUT2D eigenvalue weighted by Crippen LogP contribution is 2.29. The second-order valence-corrected chi connectivity index (χ2v) is 8.52. The third-order valence-corrected chi connectivity index (χ3v) is 5.29. The molecular formula is C22H28BN5O5. The van der Waals surface area contributed by atoms with Crippen LogP contribution in [0.2, 0.25) is 0 Å². The third-order valence-electron chi connectivity index (χ3n) is 5.29. The van der Waals surface area contributed by atoms with Crippen LogP contribution in [0.3, 0.4) is 0 Å².